The van der Waals surface area contributed by atoms with Crippen LogP contribution in [0.2, 0.25) is 0 Å². The van der Waals surface area contributed by atoms with Crippen molar-refractivity contribution >= 4 is 5.97 Å². The van der Waals surface area contributed by atoms with Crippen molar-refractivity contribution in [3.63, 3.8) is 0 Å². The molecule has 0 amide bonds. The molecule has 0 radical (unpaired) electrons. The number of carboxylic acid groups (broad SMARTS) is 1. The highest BCUT2D eigenvalue weighted by atomic mass is 16.4. The molecule has 0 saturated heterocycles. The first-order valence-corrected chi connectivity index (χ1v) is 4.78. The lowest BCUT2D eigenvalue weighted by Crippen LogP contribution is -2.23. The average Bonchev–Trinajstić information content (AvgIpc) is 2.27. The first kappa shape index (κ1) is 12.6. The topological polar surface area (TPSA) is 98.0 Å². The molecule has 2 atom stereocenters. The van der Waals surface area contributed by atoms with Gasteiger partial charge in [0.1, 0.15) is 12.2 Å². The number of aliphatic hydroxyl groups is 3. The zero-order valence-electron chi connectivity index (χ0n) is 8.79. The smallest absolute Gasteiger partial charge is 0.335 e. The highest BCUT2D eigenvalue weighted by Gasteiger charge is 2.20. The maximum absolute atomic E-state index is 10.7. The van der Waals surface area contributed by atoms with Crippen LogP contribution in [0.4, 0.5) is 0 Å². The Morgan fingerprint density at radius 3 is 2.50 bits per heavy atom. The molecule has 0 aliphatic rings. The number of rotatable bonds is 4. The zero-order valence-corrected chi connectivity index (χ0v) is 8.79. The predicted octanol–water partition coefficient (Wildman–Crippen LogP) is 0.0798. The van der Waals surface area contributed by atoms with Gasteiger partial charge in [-0.3, -0.25) is 0 Å². The third kappa shape index (κ3) is 2.57. The van der Waals surface area contributed by atoms with Crippen molar-refractivity contribution in [3.05, 3.63) is 34.9 Å². The fraction of sp³-hybridized carbons (Fsp3) is 0.364. The van der Waals surface area contributed by atoms with Crippen LogP contribution in [0, 0.1) is 6.92 Å². The van der Waals surface area contributed by atoms with Gasteiger partial charge in [0.05, 0.1) is 12.2 Å². The van der Waals surface area contributed by atoms with E-state index in [9.17, 15) is 15.0 Å². The Balaban J connectivity index is 3.11. The van der Waals surface area contributed by atoms with E-state index in [-0.39, 0.29) is 5.56 Å². The van der Waals surface area contributed by atoms with Gasteiger partial charge in [0.15, 0.2) is 0 Å². The van der Waals surface area contributed by atoms with Gasteiger partial charge in [0.25, 0.3) is 0 Å². The summed E-state index contributed by atoms with van der Waals surface area (Å²) < 4.78 is 0. The molecular formula is C11H14O5. The molecule has 0 heterocycles. The monoisotopic (exact) mass is 226 g/mol. The fourth-order valence-corrected chi connectivity index (χ4v) is 1.40. The molecule has 0 aliphatic carbocycles. The van der Waals surface area contributed by atoms with E-state index in [1.54, 1.807) is 13.0 Å². The van der Waals surface area contributed by atoms with Crippen molar-refractivity contribution in [2.24, 2.45) is 0 Å². The van der Waals surface area contributed by atoms with E-state index in [0.717, 1.165) is 0 Å². The Morgan fingerprint density at radius 1 is 1.38 bits per heavy atom. The van der Waals surface area contributed by atoms with Crippen LogP contribution in [-0.2, 0) is 0 Å². The molecule has 4 N–H and O–H groups in total. The standard InChI is InChI=1S/C11H14O5/c1-6-2-3-7(11(15)16)4-8(6)10(14)9(13)5-12/h2-4,9-10,12-14H,5H2,1H3,(H,15,16). The van der Waals surface area contributed by atoms with E-state index < -0.39 is 24.8 Å². The van der Waals surface area contributed by atoms with Gasteiger partial charge in [-0.1, -0.05) is 6.07 Å². The van der Waals surface area contributed by atoms with Crippen LogP contribution in [0.3, 0.4) is 0 Å². The minimum Gasteiger partial charge on any atom is -0.478 e. The molecule has 1 aromatic carbocycles. The SMILES string of the molecule is Cc1ccc(C(=O)O)cc1C(O)C(O)CO. The summed E-state index contributed by atoms with van der Waals surface area (Å²) in [7, 11) is 0. The lowest BCUT2D eigenvalue weighted by molar-refractivity contribution is -0.0155. The van der Waals surface area contributed by atoms with Crippen molar-refractivity contribution in [1.29, 1.82) is 0 Å². The van der Waals surface area contributed by atoms with Crippen LogP contribution in [0.25, 0.3) is 0 Å². The van der Waals surface area contributed by atoms with Crippen LogP contribution in [0.5, 0.6) is 0 Å². The van der Waals surface area contributed by atoms with E-state index in [2.05, 4.69) is 0 Å². The Labute approximate surface area is 92.6 Å². The number of carboxylic acids is 1. The summed E-state index contributed by atoms with van der Waals surface area (Å²) in [5.74, 6) is -1.10. The van der Waals surface area contributed by atoms with E-state index in [0.29, 0.717) is 11.1 Å². The number of aryl methyl sites for hydroxylation is 1. The molecule has 0 fully saturated rings. The summed E-state index contributed by atoms with van der Waals surface area (Å²) in [5.41, 5.74) is 0.997. The Morgan fingerprint density at radius 2 is 2.00 bits per heavy atom. The van der Waals surface area contributed by atoms with Crippen LogP contribution in [-0.4, -0.2) is 39.1 Å². The second-order valence-corrected chi connectivity index (χ2v) is 3.57. The van der Waals surface area contributed by atoms with Crippen LogP contribution in [0.1, 0.15) is 27.6 Å². The summed E-state index contributed by atoms with van der Waals surface area (Å²) in [6.07, 6.45) is -2.60. The first-order valence-electron chi connectivity index (χ1n) is 4.78. The van der Waals surface area contributed by atoms with Gasteiger partial charge < -0.3 is 20.4 Å². The molecule has 0 saturated carbocycles. The number of aromatic carboxylic acids is 1. The van der Waals surface area contributed by atoms with E-state index in [4.69, 9.17) is 10.2 Å². The second-order valence-electron chi connectivity index (χ2n) is 3.57. The molecule has 1 aromatic rings. The largest absolute Gasteiger partial charge is 0.478 e. The predicted molar refractivity (Wildman–Crippen MR) is 56.2 cm³/mol. The summed E-state index contributed by atoms with van der Waals surface area (Å²) in [4.78, 5) is 10.7. The lowest BCUT2D eigenvalue weighted by atomic mass is 9.97. The minimum absolute atomic E-state index is 0.0322. The van der Waals surface area contributed by atoms with Crippen molar-refractivity contribution < 1.29 is 25.2 Å². The quantitative estimate of drug-likeness (QED) is 0.583. The highest BCUT2D eigenvalue weighted by molar-refractivity contribution is 5.87. The fourth-order valence-electron chi connectivity index (χ4n) is 1.40. The van der Waals surface area contributed by atoms with Gasteiger partial charge in [0.2, 0.25) is 0 Å². The molecule has 0 aromatic heterocycles. The molecule has 5 heteroatoms. The molecule has 16 heavy (non-hydrogen) atoms. The number of benzene rings is 1. The average molecular weight is 226 g/mol. The van der Waals surface area contributed by atoms with Crippen LogP contribution in [0.15, 0.2) is 18.2 Å². The highest BCUT2D eigenvalue weighted by Crippen LogP contribution is 2.22. The Bertz CT molecular complexity index is 388. The lowest BCUT2D eigenvalue weighted by Gasteiger charge is -2.18. The van der Waals surface area contributed by atoms with Crippen molar-refractivity contribution in [2.75, 3.05) is 6.61 Å². The molecule has 0 aliphatic heterocycles. The Kier molecular flexibility index (Phi) is 4.00. The number of hydrogen-bond acceptors (Lipinski definition) is 4. The Hall–Kier alpha value is -1.43. The van der Waals surface area contributed by atoms with Crippen molar-refractivity contribution in [1.82, 2.24) is 0 Å². The summed E-state index contributed by atoms with van der Waals surface area (Å²) >= 11 is 0. The van der Waals surface area contributed by atoms with Gasteiger partial charge in [-0.25, -0.2) is 4.79 Å². The molecule has 1 rings (SSSR count). The van der Waals surface area contributed by atoms with Crippen LogP contribution >= 0.6 is 0 Å². The van der Waals surface area contributed by atoms with Gasteiger partial charge in [-0.2, -0.15) is 0 Å². The number of carbonyl (C=O) groups is 1. The zero-order chi connectivity index (χ0) is 12.3. The molecule has 0 bridgehead atoms. The number of aliphatic hydroxyl groups excluding tert-OH is 3. The van der Waals surface area contributed by atoms with Gasteiger partial charge in [-0.05, 0) is 30.2 Å². The molecular weight excluding hydrogens is 212 g/mol. The van der Waals surface area contributed by atoms with Crippen LogP contribution < -0.4 is 0 Å². The third-order valence-corrected chi connectivity index (χ3v) is 2.40. The molecule has 2 unspecified atom stereocenters. The van der Waals surface area contributed by atoms with E-state index >= 15 is 0 Å². The molecule has 88 valence electrons. The number of hydrogen-bond donors (Lipinski definition) is 4. The van der Waals surface area contributed by atoms with E-state index in [1.807, 2.05) is 0 Å². The molecule has 0 spiro atoms. The van der Waals surface area contributed by atoms with Gasteiger partial charge in [0, 0.05) is 0 Å². The molecule has 5 nitrogen and oxygen atoms in total. The summed E-state index contributed by atoms with van der Waals surface area (Å²) in [6.45, 7) is 1.10. The minimum atomic E-state index is -1.32. The van der Waals surface area contributed by atoms with Crippen molar-refractivity contribution in [2.45, 2.75) is 19.1 Å². The maximum atomic E-state index is 10.7. The van der Waals surface area contributed by atoms with Gasteiger partial charge >= 0.3 is 5.97 Å². The second kappa shape index (κ2) is 5.07. The summed E-state index contributed by atoms with van der Waals surface area (Å²) in [5, 5.41) is 36.5. The van der Waals surface area contributed by atoms with E-state index in [1.165, 1.54) is 12.1 Å². The first-order chi connectivity index (χ1) is 7.47. The normalized spacial score (nSPS) is 14.5. The van der Waals surface area contributed by atoms with Gasteiger partial charge in [-0.15, -0.1) is 0 Å². The third-order valence-electron chi connectivity index (χ3n) is 2.40. The maximum Gasteiger partial charge on any atom is 0.335 e. The van der Waals surface area contributed by atoms with Crippen molar-refractivity contribution in [3.8, 4) is 0 Å². The summed E-state index contributed by atoms with van der Waals surface area (Å²) in [6, 6.07) is 4.26.